The topological polar surface area (TPSA) is 89.6 Å². The predicted molar refractivity (Wildman–Crippen MR) is 85.3 cm³/mol. The number of carbonyl (C=O) groups is 1. The van der Waals surface area contributed by atoms with Crippen molar-refractivity contribution in [3.63, 3.8) is 0 Å². The van der Waals surface area contributed by atoms with E-state index in [9.17, 15) is 4.79 Å². The number of rotatable bonds is 3. The minimum absolute atomic E-state index is 0.400. The molecule has 3 rings (SSSR count). The van der Waals surface area contributed by atoms with Crippen LogP contribution in [0, 0.1) is 6.92 Å². The zero-order valence-corrected chi connectivity index (χ0v) is 12.6. The van der Waals surface area contributed by atoms with Crippen LogP contribution in [0.5, 0.6) is 0 Å². The number of amides is 1. The van der Waals surface area contributed by atoms with Crippen LogP contribution in [0.4, 0.5) is 10.5 Å². The molecule has 0 aliphatic heterocycles. The Kier molecular flexibility index (Phi) is 4.01. The van der Waals surface area contributed by atoms with Crippen molar-refractivity contribution in [3.8, 4) is 0 Å². The normalized spacial score (nSPS) is 11.5. The molecule has 1 heterocycles. The van der Waals surface area contributed by atoms with Gasteiger partial charge in [-0.2, -0.15) is 0 Å². The number of hydrogen-bond donors (Lipinski definition) is 1. The molecule has 0 bridgehead atoms. The van der Waals surface area contributed by atoms with Gasteiger partial charge in [0.25, 0.3) is 0 Å². The molecule has 0 spiro atoms. The average Bonchev–Trinajstić information content (AvgIpc) is 2.99. The zero-order chi connectivity index (χ0) is 16.2. The summed E-state index contributed by atoms with van der Waals surface area (Å²) in [4.78, 5) is 16.8. The third-order valence-electron chi connectivity index (χ3n) is 3.29. The van der Waals surface area contributed by atoms with E-state index in [1.807, 2.05) is 36.4 Å². The summed E-state index contributed by atoms with van der Waals surface area (Å²) in [5.41, 5.74) is 2.07. The van der Waals surface area contributed by atoms with Gasteiger partial charge in [-0.25, -0.2) is 9.42 Å². The summed E-state index contributed by atoms with van der Waals surface area (Å²) in [6, 6.07) is 13.4. The molecule has 23 heavy (non-hydrogen) atoms. The van der Waals surface area contributed by atoms with E-state index in [2.05, 4.69) is 25.4 Å². The van der Waals surface area contributed by atoms with E-state index >= 15 is 0 Å². The van der Waals surface area contributed by atoms with Crippen molar-refractivity contribution in [1.82, 2.24) is 10.3 Å². The molecule has 1 amide bonds. The highest BCUT2D eigenvalue weighted by Crippen LogP contribution is 2.23. The lowest BCUT2D eigenvalue weighted by atomic mass is 10.1. The Morgan fingerprint density at radius 2 is 1.96 bits per heavy atom. The second-order valence-corrected chi connectivity index (χ2v) is 4.91. The fourth-order valence-corrected chi connectivity index (χ4v) is 2.18. The fraction of sp³-hybridized carbons (Fsp3) is 0.125. The van der Waals surface area contributed by atoms with Crippen LogP contribution in [0.25, 0.3) is 10.8 Å². The van der Waals surface area contributed by atoms with Crippen molar-refractivity contribution in [2.45, 2.75) is 13.8 Å². The first kappa shape index (κ1) is 14.7. The highest BCUT2D eigenvalue weighted by atomic mass is 16.7. The maximum atomic E-state index is 11.9. The first-order chi connectivity index (χ1) is 11.1. The number of fused-ring (bicyclic) bond motifs is 1. The molecule has 3 aromatic rings. The summed E-state index contributed by atoms with van der Waals surface area (Å²) < 4.78 is 4.58. The van der Waals surface area contributed by atoms with E-state index in [4.69, 9.17) is 4.84 Å². The van der Waals surface area contributed by atoms with E-state index in [1.54, 1.807) is 19.9 Å². The van der Waals surface area contributed by atoms with E-state index in [1.165, 1.54) is 0 Å². The van der Waals surface area contributed by atoms with Gasteiger partial charge in [0, 0.05) is 5.39 Å². The molecule has 1 N–H and O–H groups in total. The molecule has 0 radical (unpaired) electrons. The van der Waals surface area contributed by atoms with Crippen LogP contribution in [0.15, 0.2) is 52.2 Å². The second kappa shape index (κ2) is 6.27. The van der Waals surface area contributed by atoms with Crippen LogP contribution in [-0.4, -0.2) is 22.1 Å². The van der Waals surface area contributed by atoms with Crippen LogP contribution in [0.1, 0.15) is 18.3 Å². The molecule has 0 aliphatic rings. The maximum Gasteiger partial charge on any atom is 0.437 e. The van der Waals surface area contributed by atoms with Crippen molar-refractivity contribution in [1.29, 1.82) is 0 Å². The summed E-state index contributed by atoms with van der Waals surface area (Å²) in [7, 11) is 0. The van der Waals surface area contributed by atoms with Crippen molar-refractivity contribution in [2.75, 3.05) is 5.32 Å². The fourth-order valence-electron chi connectivity index (χ4n) is 2.18. The number of benzene rings is 2. The summed E-state index contributed by atoms with van der Waals surface area (Å²) in [6.45, 7) is 3.37. The Morgan fingerprint density at radius 3 is 2.74 bits per heavy atom. The standard InChI is InChI=1S/C16H14N4O3/c1-10(15-11(2)19-23-20-15)18-22-16(21)17-14-9-5-7-12-6-3-4-8-13(12)14/h3-9H,1-2H3,(H,17,21)/b18-10+. The zero-order valence-electron chi connectivity index (χ0n) is 12.6. The third kappa shape index (κ3) is 3.18. The number of oxime groups is 1. The molecule has 2 aromatic carbocycles. The first-order valence-corrected chi connectivity index (χ1v) is 6.95. The van der Waals surface area contributed by atoms with Gasteiger partial charge in [-0.1, -0.05) is 46.7 Å². The Balaban J connectivity index is 1.73. The molecule has 0 saturated carbocycles. The van der Waals surface area contributed by atoms with Crippen molar-refractivity contribution >= 4 is 28.3 Å². The number of aromatic nitrogens is 2. The molecular weight excluding hydrogens is 296 g/mol. The summed E-state index contributed by atoms with van der Waals surface area (Å²) >= 11 is 0. The minimum Gasteiger partial charge on any atom is -0.297 e. The number of aryl methyl sites for hydroxylation is 1. The van der Waals surface area contributed by atoms with Crippen LogP contribution in [-0.2, 0) is 4.84 Å². The van der Waals surface area contributed by atoms with E-state index in [-0.39, 0.29) is 0 Å². The second-order valence-electron chi connectivity index (χ2n) is 4.91. The highest BCUT2D eigenvalue weighted by Gasteiger charge is 2.11. The lowest BCUT2D eigenvalue weighted by Crippen LogP contribution is -2.12. The van der Waals surface area contributed by atoms with Crippen molar-refractivity contribution < 1.29 is 14.3 Å². The van der Waals surface area contributed by atoms with E-state index < -0.39 is 6.09 Å². The number of carbonyl (C=O) groups excluding carboxylic acids is 1. The van der Waals surface area contributed by atoms with Gasteiger partial charge in [0.2, 0.25) is 0 Å². The highest BCUT2D eigenvalue weighted by molar-refractivity contribution is 6.01. The SMILES string of the molecule is C/C(=N\OC(=O)Nc1cccc2ccccc12)c1nonc1C. The number of nitrogens with zero attached hydrogens (tertiary/aromatic N) is 3. The lowest BCUT2D eigenvalue weighted by Gasteiger charge is -2.07. The third-order valence-corrected chi connectivity index (χ3v) is 3.29. The summed E-state index contributed by atoms with van der Waals surface area (Å²) in [6.07, 6.45) is -0.685. The van der Waals surface area contributed by atoms with Gasteiger partial charge in [-0.15, -0.1) is 0 Å². The van der Waals surface area contributed by atoms with Crippen LogP contribution < -0.4 is 5.32 Å². The van der Waals surface area contributed by atoms with Crippen LogP contribution in [0.3, 0.4) is 0 Å². The van der Waals surface area contributed by atoms with Gasteiger partial charge in [0.15, 0.2) is 5.69 Å². The van der Waals surface area contributed by atoms with E-state index in [0.29, 0.717) is 22.8 Å². The smallest absolute Gasteiger partial charge is 0.297 e. The lowest BCUT2D eigenvalue weighted by molar-refractivity contribution is 0.166. The Morgan fingerprint density at radius 1 is 1.17 bits per heavy atom. The summed E-state index contributed by atoms with van der Waals surface area (Å²) in [5, 5.41) is 15.7. The van der Waals surface area contributed by atoms with Crippen molar-refractivity contribution in [2.24, 2.45) is 5.16 Å². The molecule has 0 unspecified atom stereocenters. The van der Waals surface area contributed by atoms with Gasteiger partial charge in [-0.3, -0.25) is 10.2 Å². The molecule has 1 aromatic heterocycles. The molecule has 7 nitrogen and oxygen atoms in total. The Labute approximate surface area is 131 Å². The molecule has 0 fully saturated rings. The predicted octanol–water partition coefficient (Wildman–Crippen LogP) is 3.50. The van der Waals surface area contributed by atoms with Crippen molar-refractivity contribution in [3.05, 3.63) is 53.9 Å². The largest absolute Gasteiger partial charge is 0.437 e. The average molecular weight is 310 g/mol. The number of nitrogens with one attached hydrogen (secondary N) is 1. The Hall–Kier alpha value is -3.22. The van der Waals surface area contributed by atoms with Gasteiger partial charge < -0.3 is 0 Å². The van der Waals surface area contributed by atoms with Crippen LogP contribution in [0.2, 0.25) is 0 Å². The van der Waals surface area contributed by atoms with Gasteiger partial charge >= 0.3 is 6.09 Å². The minimum atomic E-state index is -0.685. The maximum absolute atomic E-state index is 11.9. The molecular formula is C16H14N4O3. The van der Waals surface area contributed by atoms with Gasteiger partial charge in [0.1, 0.15) is 11.4 Å². The molecule has 0 saturated heterocycles. The monoisotopic (exact) mass is 310 g/mol. The quantitative estimate of drug-likeness (QED) is 0.454. The molecule has 116 valence electrons. The molecule has 0 aliphatic carbocycles. The summed E-state index contributed by atoms with van der Waals surface area (Å²) in [5.74, 6) is 0. The molecule has 7 heteroatoms. The van der Waals surface area contributed by atoms with Gasteiger partial charge in [-0.05, 0) is 30.5 Å². The molecule has 0 atom stereocenters. The van der Waals surface area contributed by atoms with Gasteiger partial charge in [0.05, 0.1) is 5.69 Å². The number of hydrogen-bond acceptors (Lipinski definition) is 6. The Bertz CT molecular complexity index is 880. The van der Waals surface area contributed by atoms with E-state index in [0.717, 1.165) is 10.8 Å². The van der Waals surface area contributed by atoms with Crippen LogP contribution >= 0.6 is 0 Å². The number of anilines is 1. The first-order valence-electron chi connectivity index (χ1n) is 6.95.